The van der Waals surface area contributed by atoms with Crippen molar-refractivity contribution in [1.29, 1.82) is 0 Å². The molecule has 2 aromatic heterocycles. The Morgan fingerprint density at radius 1 is 1.12 bits per heavy atom. The SMILES string of the molecule is Cc1cc(=O)oc2oc3ccc(O)c(O)c3c12. The lowest BCUT2D eigenvalue weighted by Gasteiger charge is -1.98. The molecule has 0 saturated carbocycles. The Morgan fingerprint density at radius 2 is 1.88 bits per heavy atom. The molecule has 2 heterocycles. The van der Waals surface area contributed by atoms with Gasteiger partial charge in [0, 0.05) is 6.07 Å². The first-order chi connectivity index (χ1) is 8.08. The molecule has 5 nitrogen and oxygen atoms in total. The third kappa shape index (κ3) is 1.22. The van der Waals surface area contributed by atoms with Gasteiger partial charge in [-0.15, -0.1) is 0 Å². The van der Waals surface area contributed by atoms with Crippen molar-refractivity contribution in [2.24, 2.45) is 0 Å². The van der Waals surface area contributed by atoms with Crippen LogP contribution in [-0.2, 0) is 0 Å². The number of aromatic hydroxyl groups is 2. The topological polar surface area (TPSA) is 83.8 Å². The first kappa shape index (κ1) is 9.77. The van der Waals surface area contributed by atoms with E-state index in [4.69, 9.17) is 8.83 Å². The molecule has 0 spiro atoms. The molecule has 17 heavy (non-hydrogen) atoms. The number of aryl methyl sites for hydroxylation is 1. The van der Waals surface area contributed by atoms with E-state index in [0.717, 1.165) is 0 Å². The lowest BCUT2D eigenvalue weighted by molar-refractivity contribution is 0.408. The largest absolute Gasteiger partial charge is 0.504 e. The van der Waals surface area contributed by atoms with Gasteiger partial charge in [0.1, 0.15) is 5.58 Å². The summed E-state index contributed by atoms with van der Waals surface area (Å²) in [4.78, 5) is 11.2. The van der Waals surface area contributed by atoms with Gasteiger partial charge in [0.25, 0.3) is 0 Å². The first-order valence-corrected chi connectivity index (χ1v) is 4.96. The second-order valence-electron chi connectivity index (χ2n) is 3.82. The number of phenols is 2. The summed E-state index contributed by atoms with van der Waals surface area (Å²) in [5, 5.41) is 20.1. The van der Waals surface area contributed by atoms with E-state index in [9.17, 15) is 15.0 Å². The Kier molecular flexibility index (Phi) is 1.75. The Morgan fingerprint density at radius 3 is 2.65 bits per heavy atom. The van der Waals surface area contributed by atoms with E-state index in [2.05, 4.69) is 0 Å². The Hall–Kier alpha value is -2.43. The van der Waals surface area contributed by atoms with Gasteiger partial charge in [0.2, 0.25) is 0 Å². The van der Waals surface area contributed by atoms with E-state index in [1.165, 1.54) is 18.2 Å². The normalized spacial score (nSPS) is 11.4. The summed E-state index contributed by atoms with van der Waals surface area (Å²) in [6, 6.07) is 4.12. The fourth-order valence-electron chi connectivity index (χ4n) is 1.94. The maximum atomic E-state index is 11.2. The minimum atomic E-state index is -0.516. The van der Waals surface area contributed by atoms with Crippen molar-refractivity contribution in [3.63, 3.8) is 0 Å². The molecule has 0 amide bonds. The lowest BCUT2D eigenvalue weighted by atomic mass is 10.1. The van der Waals surface area contributed by atoms with Crippen LogP contribution in [0.15, 0.2) is 31.8 Å². The molecular weight excluding hydrogens is 224 g/mol. The summed E-state index contributed by atoms with van der Waals surface area (Å²) in [6.07, 6.45) is 0. The van der Waals surface area contributed by atoms with Gasteiger partial charge in [-0.1, -0.05) is 0 Å². The molecule has 0 aliphatic carbocycles. The van der Waals surface area contributed by atoms with E-state index in [0.29, 0.717) is 21.9 Å². The van der Waals surface area contributed by atoms with Crippen molar-refractivity contribution >= 4 is 22.1 Å². The summed E-state index contributed by atoms with van der Waals surface area (Å²) < 4.78 is 10.2. The van der Waals surface area contributed by atoms with Gasteiger partial charge in [-0.2, -0.15) is 0 Å². The fourth-order valence-corrected chi connectivity index (χ4v) is 1.94. The van der Waals surface area contributed by atoms with E-state index in [1.807, 2.05) is 0 Å². The minimum absolute atomic E-state index is 0.0471. The predicted molar refractivity (Wildman–Crippen MR) is 60.3 cm³/mol. The maximum absolute atomic E-state index is 11.2. The second kappa shape index (κ2) is 3.04. The smallest absolute Gasteiger partial charge is 0.338 e. The van der Waals surface area contributed by atoms with Crippen molar-refractivity contribution in [2.75, 3.05) is 0 Å². The Labute approximate surface area is 94.5 Å². The number of fused-ring (bicyclic) bond motifs is 3. The van der Waals surface area contributed by atoms with Crippen LogP contribution in [0.1, 0.15) is 5.56 Å². The number of furan rings is 1. The number of phenolic OH excluding ortho intramolecular Hbond substituents is 2. The zero-order valence-electron chi connectivity index (χ0n) is 8.85. The van der Waals surface area contributed by atoms with Crippen molar-refractivity contribution in [1.82, 2.24) is 0 Å². The van der Waals surface area contributed by atoms with E-state index < -0.39 is 5.63 Å². The van der Waals surface area contributed by atoms with Gasteiger partial charge >= 0.3 is 11.4 Å². The number of rotatable bonds is 0. The summed E-state index contributed by atoms with van der Waals surface area (Å²) in [5.41, 5.74) is 0.460. The van der Waals surface area contributed by atoms with Crippen LogP contribution in [0.2, 0.25) is 0 Å². The molecule has 0 atom stereocenters. The molecule has 3 rings (SSSR count). The summed E-state index contributed by atoms with van der Waals surface area (Å²) in [6.45, 7) is 1.71. The van der Waals surface area contributed by atoms with E-state index >= 15 is 0 Å². The summed E-state index contributed by atoms with van der Waals surface area (Å²) >= 11 is 0. The predicted octanol–water partition coefficient (Wildman–Crippen LogP) is 2.26. The van der Waals surface area contributed by atoms with Crippen molar-refractivity contribution in [2.45, 2.75) is 6.92 Å². The minimum Gasteiger partial charge on any atom is -0.504 e. The molecule has 0 radical (unpaired) electrons. The highest BCUT2D eigenvalue weighted by Gasteiger charge is 2.17. The van der Waals surface area contributed by atoms with Gasteiger partial charge in [-0.05, 0) is 24.6 Å². The average Bonchev–Trinajstić information content (AvgIpc) is 2.62. The fraction of sp³-hybridized carbons (Fsp3) is 0.0833. The summed E-state index contributed by atoms with van der Waals surface area (Å²) in [7, 11) is 0. The van der Waals surface area contributed by atoms with Crippen LogP contribution in [-0.4, -0.2) is 10.2 Å². The first-order valence-electron chi connectivity index (χ1n) is 4.96. The second-order valence-corrected chi connectivity index (χ2v) is 3.82. The van der Waals surface area contributed by atoms with Crippen LogP contribution >= 0.6 is 0 Å². The molecule has 86 valence electrons. The highest BCUT2D eigenvalue weighted by Crippen LogP contribution is 2.40. The molecule has 0 unspecified atom stereocenters. The molecule has 0 bridgehead atoms. The number of benzene rings is 1. The molecular formula is C12H8O5. The molecule has 2 N–H and O–H groups in total. The van der Waals surface area contributed by atoms with Gasteiger partial charge in [-0.3, -0.25) is 0 Å². The van der Waals surface area contributed by atoms with Crippen LogP contribution in [0.25, 0.3) is 22.1 Å². The van der Waals surface area contributed by atoms with Gasteiger partial charge in [-0.25, -0.2) is 4.79 Å². The zero-order valence-corrected chi connectivity index (χ0v) is 8.85. The lowest BCUT2D eigenvalue weighted by Crippen LogP contribution is -1.96. The third-order valence-electron chi connectivity index (χ3n) is 2.70. The van der Waals surface area contributed by atoms with Crippen LogP contribution in [0.4, 0.5) is 0 Å². The molecule has 0 fully saturated rings. The standard InChI is InChI=1S/C12H8O5/c1-5-4-8(14)17-12-9(5)10-7(16-12)3-2-6(13)11(10)15/h2-4,13,15H,1H3. The maximum Gasteiger partial charge on any atom is 0.338 e. The number of hydrogen-bond donors (Lipinski definition) is 2. The van der Waals surface area contributed by atoms with Crippen LogP contribution in [0.5, 0.6) is 11.5 Å². The van der Waals surface area contributed by atoms with Gasteiger partial charge in [0.05, 0.1) is 10.8 Å². The van der Waals surface area contributed by atoms with Gasteiger partial charge < -0.3 is 19.0 Å². The summed E-state index contributed by atoms with van der Waals surface area (Å²) in [5.74, 6) is -0.477. The molecule has 1 aromatic carbocycles. The van der Waals surface area contributed by atoms with E-state index in [1.54, 1.807) is 6.92 Å². The highest BCUT2D eigenvalue weighted by atomic mass is 16.5. The number of hydrogen-bond acceptors (Lipinski definition) is 5. The molecule has 0 saturated heterocycles. The van der Waals surface area contributed by atoms with Gasteiger partial charge in [0.15, 0.2) is 11.5 Å². The van der Waals surface area contributed by atoms with Crippen LogP contribution in [0, 0.1) is 6.92 Å². The van der Waals surface area contributed by atoms with E-state index in [-0.39, 0.29) is 17.3 Å². The molecule has 3 aromatic rings. The monoisotopic (exact) mass is 232 g/mol. The quantitative estimate of drug-likeness (QED) is 0.581. The Bertz CT molecular complexity index is 794. The Balaban J connectivity index is 2.67. The van der Waals surface area contributed by atoms with Crippen molar-refractivity contribution in [3.8, 4) is 11.5 Å². The molecule has 5 heteroatoms. The van der Waals surface area contributed by atoms with Crippen molar-refractivity contribution in [3.05, 3.63) is 34.2 Å². The zero-order chi connectivity index (χ0) is 12.2. The third-order valence-corrected chi connectivity index (χ3v) is 2.70. The highest BCUT2D eigenvalue weighted by molar-refractivity contribution is 6.08. The van der Waals surface area contributed by atoms with Crippen molar-refractivity contribution < 1.29 is 19.0 Å². The molecule has 0 aliphatic rings. The average molecular weight is 232 g/mol. The molecule has 0 aliphatic heterocycles. The van der Waals surface area contributed by atoms with Crippen LogP contribution < -0.4 is 5.63 Å². The van der Waals surface area contributed by atoms with Crippen LogP contribution in [0.3, 0.4) is 0 Å².